The molecule has 3 rings (SSSR count). The Morgan fingerprint density at radius 2 is 1.69 bits per heavy atom. The number of hydrogen-bond acceptors (Lipinski definition) is 3. The van der Waals surface area contributed by atoms with E-state index in [0.717, 1.165) is 54.9 Å². The minimum atomic E-state index is -0.0680. The molecule has 0 aliphatic rings. The number of unbranched alkanes of at least 4 members (excludes halogenated alkanes) is 1. The van der Waals surface area contributed by atoms with Crippen LogP contribution in [0.15, 0.2) is 42.6 Å². The van der Waals surface area contributed by atoms with Gasteiger partial charge in [-0.2, -0.15) is 0 Å². The van der Waals surface area contributed by atoms with Gasteiger partial charge in [-0.15, -0.1) is 0 Å². The SMILES string of the molecule is CCN(CC)CCCCNC(=O)c1c(-c2ccc(C)cc2)nc2ccc(C)cn12. The molecule has 29 heavy (non-hydrogen) atoms. The summed E-state index contributed by atoms with van der Waals surface area (Å²) < 4.78 is 1.91. The number of rotatable bonds is 9. The van der Waals surface area contributed by atoms with Crippen LogP contribution in [0.2, 0.25) is 0 Å². The summed E-state index contributed by atoms with van der Waals surface area (Å²) in [5.74, 6) is -0.0680. The summed E-state index contributed by atoms with van der Waals surface area (Å²) in [5, 5.41) is 3.11. The first-order valence-corrected chi connectivity index (χ1v) is 10.6. The summed E-state index contributed by atoms with van der Waals surface area (Å²) in [6.45, 7) is 12.4. The molecule has 0 spiro atoms. The Bertz CT molecular complexity index is 955. The number of amides is 1. The molecule has 0 aliphatic heterocycles. The number of aryl methyl sites for hydroxylation is 2. The van der Waals surface area contributed by atoms with E-state index < -0.39 is 0 Å². The lowest BCUT2D eigenvalue weighted by Gasteiger charge is -2.17. The number of carbonyl (C=O) groups is 1. The van der Waals surface area contributed by atoms with Gasteiger partial charge >= 0.3 is 0 Å². The second kappa shape index (κ2) is 9.70. The van der Waals surface area contributed by atoms with Crippen molar-refractivity contribution < 1.29 is 4.79 Å². The molecule has 1 amide bonds. The second-order valence-electron chi connectivity index (χ2n) is 7.60. The summed E-state index contributed by atoms with van der Waals surface area (Å²) in [5.41, 5.74) is 5.38. The van der Waals surface area contributed by atoms with Crippen LogP contribution < -0.4 is 5.32 Å². The minimum absolute atomic E-state index is 0.0680. The van der Waals surface area contributed by atoms with Crippen LogP contribution in [0.1, 0.15) is 48.3 Å². The molecule has 1 N–H and O–H groups in total. The van der Waals surface area contributed by atoms with Crippen LogP contribution in [0.25, 0.3) is 16.9 Å². The molecule has 0 atom stereocenters. The molecule has 0 saturated heterocycles. The molecule has 5 nitrogen and oxygen atoms in total. The fourth-order valence-electron chi connectivity index (χ4n) is 3.57. The van der Waals surface area contributed by atoms with Crippen molar-refractivity contribution in [2.45, 2.75) is 40.5 Å². The van der Waals surface area contributed by atoms with Gasteiger partial charge in [0.1, 0.15) is 17.0 Å². The quantitative estimate of drug-likeness (QED) is 0.547. The molecular formula is C24H32N4O. The molecule has 154 valence electrons. The third-order valence-electron chi connectivity index (χ3n) is 5.39. The van der Waals surface area contributed by atoms with Gasteiger partial charge in [0.05, 0.1) is 0 Å². The van der Waals surface area contributed by atoms with E-state index >= 15 is 0 Å². The van der Waals surface area contributed by atoms with Gasteiger partial charge in [-0.1, -0.05) is 49.7 Å². The molecule has 3 aromatic rings. The van der Waals surface area contributed by atoms with Gasteiger partial charge in [-0.3, -0.25) is 9.20 Å². The van der Waals surface area contributed by atoms with Crippen LogP contribution in [-0.4, -0.2) is 46.4 Å². The molecule has 0 saturated carbocycles. The number of fused-ring (bicyclic) bond motifs is 1. The summed E-state index contributed by atoms with van der Waals surface area (Å²) in [6.07, 6.45) is 4.03. The Labute approximate surface area is 173 Å². The van der Waals surface area contributed by atoms with E-state index in [-0.39, 0.29) is 5.91 Å². The monoisotopic (exact) mass is 392 g/mol. The number of aromatic nitrogens is 2. The maximum Gasteiger partial charge on any atom is 0.270 e. The topological polar surface area (TPSA) is 49.6 Å². The van der Waals surface area contributed by atoms with E-state index in [2.05, 4.69) is 43.1 Å². The van der Waals surface area contributed by atoms with E-state index in [0.29, 0.717) is 12.2 Å². The molecule has 0 radical (unpaired) electrons. The highest BCUT2D eigenvalue weighted by atomic mass is 16.1. The summed E-state index contributed by atoms with van der Waals surface area (Å²) in [6, 6.07) is 12.2. The van der Waals surface area contributed by atoms with Gasteiger partial charge in [-0.25, -0.2) is 4.98 Å². The Morgan fingerprint density at radius 3 is 2.38 bits per heavy atom. The van der Waals surface area contributed by atoms with Crippen LogP contribution in [0.3, 0.4) is 0 Å². The Hall–Kier alpha value is -2.66. The minimum Gasteiger partial charge on any atom is -0.351 e. The fraction of sp³-hybridized carbons (Fsp3) is 0.417. The molecule has 5 heteroatoms. The zero-order chi connectivity index (χ0) is 20.8. The van der Waals surface area contributed by atoms with Crippen molar-refractivity contribution in [1.82, 2.24) is 19.6 Å². The third-order valence-corrected chi connectivity index (χ3v) is 5.39. The number of pyridine rings is 1. The Balaban J connectivity index is 1.79. The molecule has 0 bridgehead atoms. The normalized spacial score (nSPS) is 11.3. The molecule has 0 aliphatic carbocycles. The lowest BCUT2D eigenvalue weighted by atomic mass is 10.1. The van der Waals surface area contributed by atoms with Gasteiger partial charge in [0.25, 0.3) is 5.91 Å². The Kier molecular flexibility index (Phi) is 7.04. The average Bonchev–Trinajstić information content (AvgIpc) is 3.09. The molecule has 0 unspecified atom stereocenters. The number of nitrogens with zero attached hydrogens (tertiary/aromatic N) is 3. The van der Waals surface area contributed by atoms with Gasteiger partial charge < -0.3 is 10.2 Å². The highest BCUT2D eigenvalue weighted by molar-refractivity contribution is 5.99. The van der Waals surface area contributed by atoms with Crippen molar-refractivity contribution in [1.29, 1.82) is 0 Å². The van der Waals surface area contributed by atoms with E-state index in [1.807, 2.05) is 41.8 Å². The van der Waals surface area contributed by atoms with Crippen LogP contribution in [0, 0.1) is 13.8 Å². The van der Waals surface area contributed by atoms with Crippen LogP contribution in [0.4, 0.5) is 0 Å². The van der Waals surface area contributed by atoms with Crippen molar-refractivity contribution in [3.05, 3.63) is 59.4 Å². The first-order valence-electron chi connectivity index (χ1n) is 10.6. The van der Waals surface area contributed by atoms with E-state index in [1.165, 1.54) is 5.56 Å². The summed E-state index contributed by atoms with van der Waals surface area (Å²) >= 11 is 0. The molecular weight excluding hydrogens is 360 g/mol. The van der Waals surface area contributed by atoms with Gasteiger partial charge in [0, 0.05) is 18.3 Å². The van der Waals surface area contributed by atoms with Crippen LogP contribution in [0.5, 0.6) is 0 Å². The lowest BCUT2D eigenvalue weighted by Crippen LogP contribution is -2.28. The first kappa shape index (κ1) is 21.1. The Morgan fingerprint density at radius 1 is 1.00 bits per heavy atom. The highest BCUT2D eigenvalue weighted by Crippen LogP contribution is 2.25. The number of imidazole rings is 1. The zero-order valence-electron chi connectivity index (χ0n) is 18.0. The molecule has 2 aromatic heterocycles. The summed E-state index contributed by atoms with van der Waals surface area (Å²) in [4.78, 5) is 20.3. The van der Waals surface area contributed by atoms with Crippen molar-refractivity contribution in [2.75, 3.05) is 26.2 Å². The number of hydrogen-bond donors (Lipinski definition) is 1. The van der Waals surface area contributed by atoms with Crippen LogP contribution in [-0.2, 0) is 0 Å². The molecule has 0 fully saturated rings. The fourth-order valence-corrected chi connectivity index (χ4v) is 3.57. The maximum atomic E-state index is 13.1. The van der Waals surface area contributed by atoms with Gasteiger partial charge in [-0.05, 0) is 58.0 Å². The van der Waals surface area contributed by atoms with Gasteiger partial charge in [0.15, 0.2) is 0 Å². The van der Waals surface area contributed by atoms with Crippen molar-refractivity contribution >= 4 is 11.6 Å². The van der Waals surface area contributed by atoms with Crippen molar-refractivity contribution in [2.24, 2.45) is 0 Å². The predicted octanol–water partition coefficient (Wildman–Crippen LogP) is 4.47. The zero-order valence-corrected chi connectivity index (χ0v) is 18.0. The second-order valence-corrected chi connectivity index (χ2v) is 7.60. The third kappa shape index (κ3) is 5.04. The number of nitrogens with one attached hydrogen (secondary N) is 1. The maximum absolute atomic E-state index is 13.1. The van der Waals surface area contributed by atoms with Crippen molar-refractivity contribution in [3.8, 4) is 11.3 Å². The van der Waals surface area contributed by atoms with Crippen molar-refractivity contribution in [3.63, 3.8) is 0 Å². The smallest absolute Gasteiger partial charge is 0.270 e. The number of carbonyl (C=O) groups excluding carboxylic acids is 1. The van der Waals surface area contributed by atoms with E-state index in [4.69, 9.17) is 4.98 Å². The molecule has 2 heterocycles. The van der Waals surface area contributed by atoms with E-state index in [9.17, 15) is 4.79 Å². The lowest BCUT2D eigenvalue weighted by molar-refractivity contribution is 0.0947. The standard InChI is InChI=1S/C24H32N4O/c1-5-27(6-2)16-8-7-15-25-24(29)23-22(20-12-9-18(3)10-13-20)26-21-14-11-19(4)17-28(21)23/h9-14,17H,5-8,15-16H2,1-4H3,(H,25,29). The van der Waals surface area contributed by atoms with Crippen LogP contribution >= 0.6 is 0 Å². The summed E-state index contributed by atoms with van der Waals surface area (Å²) in [7, 11) is 0. The largest absolute Gasteiger partial charge is 0.351 e. The molecule has 1 aromatic carbocycles. The highest BCUT2D eigenvalue weighted by Gasteiger charge is 2.20. The van der Waals surface area contributed by atoms with E-state index in [1.54, 1.807) is 0 Å². The average molecular weight is 393 g/mol. The predicted molar refractivity (Wildman–Crippen MR) is 119 cm³/mol. The first-order chi connectivity index (χ1) is 14.0. The number of benzene rings is 1. The van der Waals surface area contributed by atoms with Gasteiger partial charge in [0.2, 0.25) is 0 Å².